The van der Waals surface area contributed by atoms with E-state index in [0.29, 0.717) is 16.3 Å². The lowest BCUT2D eigenvalue weighted by atomic mass is 10.2. The number of hydrogen-bond acceptors (Lipinski definition) is 4. The summed E-state index contributed by atoms with van der Waals surface area (Å²) in [5, 5.41) is 9.30. The van der Waals surface area contributed by atoms with E-state index in [4.69, 9.17) is 22.4 Å². The molecule has 0 radical (unpaired) electrons. The Morgan fingerprint density at radius 2 is 1.80 bits per heavy atom. The van der Waals surface area contributed by atoms with Crippen LogP contribution >= 0.6 is 11.6 Å². The van der Waals surface area contributed by atoms with Gasteiger partial charge in [-0.2, -0.15) is 0 Å². The molecule has 20 heavy (non-hydrogen) atoms. The normalized spacial score (nSPS) is 11.3. The van der Waals surface area contributed by atoms with Crippen molar-refractivity contribution in [1.82, 2.24) is 0 Å². The molecular weight excluding hydrogens is 300 g/mol. The van der Waals surface area contributed by atoms with E-state index in [0.717, 1.165) is 0 Å². The molecule has 4 N–H and O–H groups in total. The van der Waals surface area contributed by atoms with Crippen molar-refractivity contribution in [2.45, 2.75) is 11.5 Å². The molecule has 0 saturated heterocycles. The Morgan fingerprint density at radius 3 is 2.35 bits per heavy atom. The number of aliphatic hydroxyl groups excluding tert-OH is 1. The largest absolute Gasteiger partial charge is 0.398 e. The zero-order valence-corrected chi connectivity index (χ0v) is 11.9. The smallest absolute Gasteiger partial charge is 0.263 e. The van der Waals surface area contributed by atoms with Gasteiger partial charge in [0.15, 0.2) is 0 Å². The molecule has 0 bridgehead atoms. The van der Waals surface area contributed by atoms with Crippen LogP contribution in [0.3, 0.4) is 0 Å². The topological polar surface area (TPSA) is 92.4 Å². The lowest BCUT2D eigenvalue weighted by molar-refractivity contribution is 0.282. The first kappa shape index (κ1) is 14.6. The Labute approximate surface area is 122 Å². The van der Waals surface area contributed by atoms with Crippen molar-refractivity contribution >= 4 is 33.0 Å². The van der Waals surface area contributed by atoms with Crippen LogP contribution in [0.15, 0.2) is 47.4 Å². The third-order valence-electron chi connectivity index (χ3n) is 2.65. The van der Waals surface area contributed by atoms with Crippen LogP contribution in [0.25, 0.3) is 0 Å². The van der Waals surface area contributed by atoms with Gasteiger partial charge >= 0.3 is 0 Å². The second kappa shape index (κ2) is 5.70. The van der Waals surface area contributed by atoms with Gasteiger partial charge < -0.3 is 10.8 Å². The van der Waals surface area contributed by atoms with E-state index in [9.17, 15) is 8.42 Å². The van der Waals surface area contributed by atoms with Gasteiger partial charge in [-0.1, -0.05) is 23.7 Å². The van der Waals surface area contributed by atoms with Crippen molar-refractivity contribution in [2.75, 3.05) is 10.5 Å². The Hall–Kier alpha value is -1.76. The van der Waals surface area contributed by atoms with E-state index < -0.39 is 10.0 Å². The zero-order valence-electron chi connectivity index (χ0n) is 10.4. The van der Waals surface area contributed by atoms with Crippen LogP contribution in [0.2, 0.25) is 5.02 Å². The summed E-state index contributed by atoms with van der Waals surface area (Å²) in [5.41, 5.74) is 6.83. The molecule has 0 aliphatic heterocycles. The molecule has 0 aliphatic carbocycles. The van der Waals surface area contributed by atoms with Crippen LogP contribution in [0.4, 0.5) is 11.4 Å². The van der Waals surface area contributed by atoms with Gasteiger partial charge in [-0.05, 0) is 35.9 Å². The highest BCUT2D eigenvalue weighted by Gasteiger charge is 2.17. The summed E-state index contributed by atoms with van der Waals surface area (Å²) < 4.78 is 26.8. The maximum Gasteiger partial charge on any atom is 0.263 e. The quantitative estimate of drug-likeness (QED) is 0.755. The van der Waals surface area contributed by atoms with Crippen molar-refractivity contribution in [2.24, 2.45) is 0 Å². The predicted octanol–water partition coefficient (Wildman–Crippen LogP) is 2.22. The number of nitrogens with two attached hydrogens (primary N) is 1. The molecule has 2 aromatic carbocycles. The van der Waals surface area contributed by atoms with Crippen LogP contribution in [-0.2, 0) is 16.6 Å². The fourth-order valence-electron chi connectivity index (χ4n) is 1.65. The SMILES string of the molecule is Nc1cc(Cl)ccc1S(=O)(=O)Nc1ccc(CO)cc1. The average Bonchev–Trinajstić information content (AvgIpc) is 2.38. The Balaban J connectivity index is 2.30. The number of anilines is 2. The number of sulfonamides is 1. The first-order valence-corrected chi connectivity index (χ1v) is 7.56. The molecule has 0 spiro atoms. The Bertz CT molecular complexity index is 715. The molecule has 106 valence electrons. The van der Waals surface area contributed by atoms with Crippen molar-refractivity contribution in [3.8, 4) is 0 Å². The van der Waals surface area contributed by atoms with Crippen LogP contribution < -0.4 is 10.5 Å². The van der Waals surface area contributed by atoms with E-state index in [1.165, 1.54) is 18.2 Å². The second-order valence-corrected chi connectivity index (χ2v) is 6.23. The summed E-state index contributed by atoms with van der Waals surface area (Å²) in [6.45, 7) is -0.100. The standard InChI is InChI=1S/C13H13ClN2O3S/c14-10-3-6-13(12(15)7-10)20(18,19)16-11-4-1-9(8-17)2-5-11/h1-7,16-17H,8,15H2. The molecule has 0 atom stereocenters. The molecule has 0 aromatic heterocycles. The van der Waals surface area contributed by atoms with Crippen LogP contribution in [0.1, 0.15) is 5.56 Å². The molecule has 0 unspecified atom stereocenters. The first-order chi connectivity index (χ1) is 9.42. The van der Waals surface area contributed by atoms with E-state index in [1.807, 2.05) is 0 Å². The first-order valence-electron chi connectivity index (χ1n) is 5.70. The Kier molecular flexibility index (Phi) is 4.17. The monoisotopic (exact) mass is 312 g/mol. The fraction of sp³-hybridized carbons (Fsp3) is 0.0769. The van der Waals surface area contributed by atoms with E-state index >= 15 is 0 Å². The number of halogens is 1. The molecule has 0 amide bonds. The van der Waals surface area contributed by atoms with Gasteiger partial charge in [-0.3, -0.25) is 4.72 Å². The maximum atomic E-state index is 12.2. The van der Waals surface area contributed by atoms with Crippen molar-refractivity contribution in [3.05, 3.63) is 53.1 Å². The van der Waals surface area contributed by atoms with Gasteiger partial charge in [0.2, 0.25) is 0 Å². The molecule has 2 aromatic rings. The zero-order chi connectivity index (χ0) is 14.8. The highest BCUT2D eigenvalue weighted by molar-refractivity contribution is 7.92. The molecule has 0 saturated carbocycles. The summed E-state index contributed by atoms with van der Waals surface area (Å²) in [6.07, 6.45) is 0. The van der Waals surface area contributed by atoms with Gasteiger partial charge in [0.25, 0.3) is 10.0 Å². The van der Waals surface area contributed by atoms with Crippen molar-refractivity contribution in [1.29, 1.82) is 0 Å². The third-order valence-corrected chi connectivity index (χ3v) is 4.34. The van der Waals surface area contributed by atoms with E-state index in [1.54, 1.807) is 24.3 Å². The van der Waals surface area contributed by atoms with Crippen molar-refractivity contribution < 1.29 is 13.5 Å². The molecule has 0 aliphatic rings. The molecule has 0 fully saturated rings. The summed E-state index contributed by atoms with van der Waals surface area (Å²) in [4.78, 5) is -0.0341. The van der Waals surface area contributed by atoms with Crippen LogP contribution in [0.5, 0.6) is 0 Å². The summed E-state index contributed by atoms with van der Waals surface area (Å²) in [5.74, 6) is 0. The van der Waals surface area contributed by atoms with Crippen LogP contribution in [0, 0.1) is 0 Å². The van der Waals surface area contributed by atoms with Gasteiger partial charge in [0.05, 0.1) is 12.3 Å². The van der Waals surface area contributed by atoms with Gasteiger partial charge in [0.1, 0.15) is 4.90 Å². The van der Waals surface area contributed by atoms with Gasteiger partial charge in [-0.25, -0.2) is 8.42 Å². The van der Waals surface area contributed by atoms with Gasteiger partial charge in [0, 0.05) is 10.7 Å². The van der Waals surface area contributed by atoms with Crippen LogP contribution in [-0.4, -0.2) is 13.5 Å². The summed E-state index contributed by atoms with van der Waals surface area (Å²) in [6, 6.07) is 10.6. The predicted molar refractivity (Wildman–Crippen MR) is 79.0 cm³/mol. The lowest BCUT2D eigenvalue weighted by Gasteiger charge is -2.10. The molecule has 5 nitrogen and oxygen atoms in total. The number of nitrogens with one attached hydrogen (secondary N) is 1. The number of benzene rings is 2. The maximum absolute atomic E-state index is 12.2. The number of nitrogen functional groups attached to an aromatic ring is 1. The Morgan fingerprint density at radius 1 is 1.15 bits per heavy atom. The number of rotatable bonds is 4. The highest BCUT2D eigenvalue weighted by atomic mass is 35.5. The molecule has 0 heterocycles. The van der Waals surface area contributed by atoms with E-state index in [2.05, 4.69) is 4.72 Å². The molecule has 7 heteroatoms. The minimum absolute atomic E-state index is 0.0341. The fourth-order valence-corrected chi connectivity index (χ4v) is 3.01. The third kappa shape index (κ3) is 3.22. The average molecular weight is 313 g/mol. The van der Waals surface area contributed by atoms with Gasteiger partial charge in [-0.15, -0.1) is 0 Å². The minimum atomic E-state index is -3.78. The minimum Gasteiger partial charge on any atom is -0.398 e. The number of hydrogen-bond donors (Lipinski definition) is 3. The summed E-state index contributed by atoms with van der Waals surface area (Å²) >= 11 is 5.74. The summed E-state index contributed by atoms with van der Waals surface area (Å²) in [7, 11) is -3.78. The second-order valence-electron chi connectivity index (χ2n) is 4.14. The molecular formula is C13H13ClN2O3S. The number of aliphatic hydroxyl groups is 1. The molecule has 2 rings (SSSR count). The highest BCUT2D eigenvalue weighted by Crippen LogP contribution is 2.24. The lowest BCUT2D eigenvalue weighted by Crippen LogP contribution is -2.14. The van der Waals surface area contributed by atoms with Crippen molar-refractivity contribution in [3.63, 3.8) is 0 Å². The van der Waals surface area contributed by atoms with E-state index in [-0.39, 0.29) is 17.2 Å².